The van der Waals surface area contributed by atoms with Gasteiger partial charge >= 0.3 is 0 Å². The Morgan fingerprint density at radius 3 is 2.43 bits per heavy atom. The maximum absolute atomic E-state index is 11.1. The van der Waals surface area contributed by atoms with E-state index in [-0.39, 0.29) is 16.6 Å². The van der Waals surface area contributed by atoms with Crippen LogP contribution in [0, 0.1) is 0 Å². The van der Waals surface area contributed by atoms with Crippen molar-refractivity contribution in [2.24, 2.45) is 4.99 Å². The van der Waals surface area contributed by atoms with Crippen LogP contribution in [0.25, 0.3) is 0 Å². The molecule has 2 rings (SSSR count). The molecule has 0 aromatic heterocycles. The van der Waals surface area contributed by atoms with Gasteiger partial charge in [-0.2, -0.15) is 16.8 Å². The molecule has 1 aromatic rings. The van der Waals surface area contributed by atoms with Gasteiger partial charge in [0.15, 0.2) is 0 Å². The number of unbranched alkanes of at least 4 members (excludes halogenated alkanes) is 1. The molecule has 0 radical (unpaired) electrons. The molecule has 7 nitrogen and oxygen atoms in total. The second-order valence-corrected chi connectivity index (χ2v) is 7.86. The fourth-order valence-electron chi connectivity index (χ4n) is 2.24. The largest absolute Gasteiger partial charge is 0.294 e. The molecule has 0 fully saturated rings. The van der Waals surface area contributed by atoms with E-state index in [9.17, 15) is 16.8 Å². The Morgan fingerprint density at radius 1 is 1.10 bits per heavy atom. The molecule has 9 heteroatoms. The van der Waals surface area contributed by atoms with Crippen molar-refractivity contribution in [2.75, 3.05) is 5.75 Å². The first kappa shape index (κ1) is 16.1. The lowest BCUT2D eigenvalue weighted by molar-refractivity contribution is 0.478. The van der Waals surface area contributed by atoms with Gasteiger partial charge in [-0.1, -0.05) is 6.42 Å². The predicted molar refractivity (Wildman–Crippen MR) is 77.4 cm³/mol. The molecule has 0 amide bonds. The SMILES string of the molecule is O=S(=O)(O)CCCCC1C=Nc2ccc(S(=O)(=O)O)cc21. The molecular formula is C12H15NO6S2. The summed E-state index contributed by atoms with van der Waals surface area (Å²) >= 11 is 0. The van der Waals surface area contributed by atoms with Crippen LogP contribution in [-0.2, 0) is 20.2 Å². The van der Waals surface area contributed by atoms with Crippen molar-refractivity contribution < 1.29 is 25.9 Å². The molecule has 0 saturated carbocycles. The molecule has 1 heterocycles. The van der Waals surface area contributed by atoms with Crippen LogP contribution in [0.3, 0.4) is 0 Å². The molecular weight excluding hydrogens is 318 g/mol. The zero-order valence-electron chi connectivity index (χ0n) is 11.0. The average molecular weight is 333 g/mol. The van der Waals surface area contributed by atoms with Gasteiger partial charge in [0.05, 0.1) is 16.3 Å². The highest BCUT2D eigenvalue weighted by Gasteiger charge is 2.21. The van der Waals surface area contributed by atoms with Gasteiger partial charge in [-0.05, 0) is 36.6 Å². The van der Waals surface area contributed by atoms with Gasteiger partial charge < -0.3 is 0 Å². The third kappa shape index (κ3) is 4.34. The fraction of sp³-hybridized carbons (Fsp3) is 0.417. The minimum Gasteiger partial charge on any atom is -0.286 e. The molecule has 0 saturated heterocycles. The summed E-state index contributed by atoms with van der Waals surface area (Å²) in [7, 11) is -8.21. The molecule has 1 aliphatic heterocycles. The first-order chi connectivity index (χ1) is 9.67. The van der Waals surface area contributed by atoms with E-state index in [0.717, 1.165) is 0 Å². The van der Waals surface area contributed by atoms with E-state index in [0.29, 0.717) is 30.5 Å². The molecule has 1 unspecified atom stereocenters. The van der Waals surface area contributed by atoms with Crippen LogP contribution >= 0.6 is 0 Å². The second kappa shape index (κ2) is 5.84. The van der Waals surface area contributed by atoms with Crippen molar-refractivity contribution in [3.8, 4) is 0 Å². The number of fused-ring (bicyclic) bond motifs is 1. The van der Waals surface area contributed by atoms with E-state index in [1.165, 1.54) is 18.2 Å². The van der Waals surface area contributed by atoms with E-state index >= 15 is 0 Å². The van der Waals surface area contributed by atoms with Crippen molar-refractivity contribution >= 4 is 32.1 Å². The second-order valence-electron chi connectivity index (χ2n) is 4.86. The third-order valence-electron chi connectivity index (χ3n) is 3.26. The summed E-state index contributed by atoms with van der Waals surface area (Å²) in [6, 6.07) is 4.18. The zero-order chi connectivity index (χ0) is 15.7. The Hall–Kier alpha value is -1.29. The number of hydrogen-bond acceptors (Lipinski definition) is 5. The maximum Gasteiger partial charge on any atom is 0.294 e. The Labute approximate surface area is 123 Å². The molecule has 0 spiro atoms. The van der Waals surface area contributed by atoms with Crippen LogP contribution in [0.15, 0.2) is 28.1 Å². The Kier molecular flexibility index (Phi) is 4.47. The van der Waals surface area contributed by atoms with E-state index in [1.54, 1.807) is 6.21 Å². The molecule has 1 aromatic carbocycles. The monoisotopic (exact) mass is 333 g/mol. The van der Waals surface area contributed by atoms with Gasteiger partial charge in [-0.25, -0.2) is 0 Å². The van der Waals surface area contributed by atoms with Crippen LogP contribution in [0.1, 0.15) is 30.7 Å². The average Bonchev–Trinajstić information content (AvgIpc) is 2.75. The number of hydrogen-bond donors (Lipinski definition) is 2. The molecule has 1 atom stereocenters. The maximum atomic E-state index is 11.1. The van der Waals surface area contributed by atoms with Crippen LogP contribution < -0.4 is 0 Å². The molecule has 116 valence electrons. The summed E-state index contributed by atoms with van der Waals surface area (Å²) in [5.74, 6) is -0.419. The van der Waals surface area contributed by atoms with Crippen LogP contribution in [-0.4, -0.2) is 37.9 Å². The summed E-state index contributed by atoms with van der Waals surface area (Å²) < 4.78 is 61.2. The number of nitrogens with zero attached hydrogens (tertiary/aromatic N) is 1. The lowest BCUT2D eigenvalue weighted by Gasteiger charge is -2.10. The van der Waals surface area contributed by atoms with Gasteiger partial charge in [0, 0.05) is 12.1 Å². The normalized spacial score (nSPS) is 17.9. The summed E-state index contributed by atoms with van der Waals surface area (Å²) in [5, 5.41) is 0. The van der Waals surface area contributed by atoms with Crippen molar-refractivity contribution in [3.63, 3.8) is 0 Å². The summed E-state index contributed by atoms with van der Waals surface area (Å²) in [6.07, 6.45) is 3.12. The van der Waals surface area contributed by atoms with Crippen LogP contribution in [0.4, 0.5) is 5.69 Å². The van der Waals surface area contributed by atoms with E-state index in [4.69, 9.17) is 9.11 Å². The van der Waals surface area contributed by atoms with Gasteiger partial charge in [0.2, 0.25) is 0 Å². The number of aliphatic imine (C=N–C) groups is 1. The predicted octanol–water partition coefficient (Wildman–Crippen LogP) is 1.79. The van der Waals surface area contributed by atoms with Crippen molar-refractivity contribution in [3.05, 3.63) is 23.8 Å². The van der Waals surface area contributed by atoms with Gasteiger partial charge in [-0.3, -0.25) is 14.1 Å². The van der Waals surface area contributed by atoms with E-state index in [2.05, 4.69) is 4.99 Å². The minimum absolute atomic E-state index is 0.122. The van der Waals surface area contributed by atoms with E-state index < -0.39 is 20.2 Å². The number of rotatable bonds is 6. The van der Waals surface area contributed by atoms with Crippen molar-refractivity contribution in [2.45, 2.75) is 30.1 Å². The van der Waals surface area contributed by atoms with Crippen molar-refractivity contribution in [1.29, 1.82) is 0 Å². The lowest BCUT2D eigenvalue weighted by atomic mass is 9.96. The van der Waals surface area contributed by atoms with Crippen LogP contribution in [0.2, 0.25) is 0 Å². The smallest absolute Gasteiger partial charge is 0.286 e. The molecule has 2 N–H and O–H groups in total. The summed E-state index contributed by atoms with van der Waals surface area (Å²) in [5.41, 5.74) is 1.33. The third-order valence-corrected chi connectivity index (χ3v) is 4.91. The highest BCUT2D eigenvalue weighted by atomic mass is 32.2. The quantitative estimate of drug-likeness (QED) is 0.604. The molecule has 21 heavy (non-hydrogen) atoms. The zero-order valence-corrected chi connectivity index (χ0v) is 12.6. The Balaban J connectivity index is 2.05. The first-order valence-electron chi connectivity index (χ1n) is 6.27. The van der Waals surface area contributed by atoms with Gasteiger partial charge in [0.1, 0.15) is 0 Å². The highest BCUT2D eigenvalue weighted by Crippen LogP contribution is 2.36. The minimum atomic E-state index is -4.26. The van der Waals surface area contributed by atoms with Crippen molar-refractivity contribution in [1.82, 2.24) is 0 Å². The van der Waals surface area contributed by atoms with Crippen LogP contribution in [0.5, 0.6) is 0 Å². The molecule has 1 aliphatic rings. The summed E-state index contributed by atoms with van der Waals surface area (Å²) in [6.45, 7) is 0. The van der Waals surface area contributed by atoms with Gasteiger partial charge in [0.25, 0.3) is 20.2 Å². The molecule has 0 bridgehead atoms. The van der Waals surface area contributed by atoms with E-state index in [1.807, 2.05) is 0 Å². The topological polar surface area (TPSA) is 121 Å². The van der Waals surface area contributed by atoms with Gasteiger partial charge in [-0.15, -0.1) is 0 Å². The Bertz CT molecular complexity index is 767. The highest BCUT2D eigenvalue weighted by molar-refractivity contribution is 7.86. The fourth-order valence-corrected chi connectivity index (χ4v) is 3.32. The standard InChI is InChI=1S/C12H15NO6S2/c14-20(15,16)6-2-1-3-9-8-13-12-5-4-10(7-11(9)12)21(17,18)19/h4-5,7-9H,1-3,6H2,(H,14,15,16)(H,17,18,19). The number of benzene rings is 1. The first-order valence-corrected chi connectivity index (χ1v) is 9.32. The lowest BCUT2D eigenvalue weighted by Crippen LogP contribution is -2.05. The Morgan fingerprint density at radius 2 is 1.81 bits per heavy atom. The summed E-state index contributed by atoms with van der Waals surface area (Å²) in [4.78, 5) is 3.98. The molecule has 0 aliphatic carbocycles.